The van der Waals surface area contributed by atoms with Crippen molar-refractivity contribution in [3.63, 3.8) is 0 Å². The largest absolute Gasteiger partial charge is 0.208 e. The summed E-state index contributed by atoms with van der Waals surface area (Å²) in [5.74, 6) is 1.96. The van der Waals surface area contributed by atoms with E-state index in [0.717, 1.165) is 32.5 Å². The van der Waals surface area contributed by atoms with Crippen molar-refractivity contribution in [2.45, 2.75) is 0 Å². The van der Waals surface area contributed by atoms with E-state index in [1.54, 1.807) is 11.3 Å². The Morgan fingerprint density at radius 2 is 0.839 bits per heavy atom. The molecule has 0 saturated carbocycles. The van der Waals surface area contributed by atoms with E-state index in [1.807, 2.05) is 35.6 Å². The van der Waals surface area contributed by atoms with E-state index >= 15 is 0 Å². The van der Waals surface area contributed by atoms with E-state index in [2.05, 4.69) is 164 Å². The Balaban J connectivity index is 1.12. The summed E-state index contributed by atoms with van der Waals surface area (Å²) < 4.78 is 4.99. The first-order valence-corrected chi connectivity index (χ1v) is 20.3. The molecule has 3 nitrogen and oxygen atoms in total. The zero-order valence-corrected chi connectivity index (χ0v) is 31.7. The standard InChI is InChI=1S/C51H31N3S2/c1-4-15-32(16-5-1)35-21-12-22-36(29-35)50-52-49(34-19-8-3-9-20-34)53-51(54-50)41-26-13-25-40-46-38(24-14-28-44(46)56-48(40)41)37-30-42(33-17-6-2-7-18-33)47-39-23-10-11-27-43(39)55-45(47)31-37/h1-31H. The molecule has 3 heterocycles. The van der Waals surface area contributed by atoms with Crippen LogP contribution in [0, 0.1) is 0 Å². The molecule has 0 unspecified atom stereocenters. The summed E-state index contributed by atoms with van der Waals surface area (Å²) in [7, 11) is 0. The highest BCUT2D eigenvalue weighted by Crippen LogP contribution is 2.47. The highest BCUT2D eigenvalue weighted by atomic mass is 32.1. The summed E-state index contributed by atoms with van der Waals surface area (Å²) in [6.07, 6.45) is 0. The second-order valence-corrected chi connectivity index (χ2v) is 16.1. The Labute approximate surface area is 331 Å². The predicted molar refractivity (Wildman–Crippen MR) is 238 cm³/mol. The number of thiophene rings is 2. The fourth-order valence-corrected chi connectivity index (χ4v) is 10.3. The maximum Gasteiger partial charge on any atom is 0.165 e. The monoisotopic (exact) mass is 749 g/mol. The van der Waals surface area contributed by atoms with Gasteiger partial charge in [0.1, 0.15) is 0 Å². The number of hydrogen-bond donors (Lipinski definition) is 0. The van der Waals surface area contributed by atoms with E-state index in [4.69, 9.17) is 15.0 Å². The molecule has 0 spiro atoms. The van der Waals surface area contributed by atoms with E-state index in [1.165, 1.54) is 57.9 Å². The molecule has 0 bridgehead atoms. The molecule has 11 aromatic rings. The number of benzene rings is 8. The van der Waals surface area contributed by atoms with Gasteiger partial charge in [-0.25, -0.2) is 15.0 Å². The van der Waals surface area contributed by atoms with Gasteiger partial charge in [-0.15, -0.1) is 22.7 Å². The van der Waals surface area contributed by atoms with E-state index in [0.29, 0.717) is 17.5 Å². The number of rotatable bonds is 6. The van der Waals surface area contributed by atoms with Crippen LogP contribution in [0.2, 0.25) is 0 Å². The molecular weight excluding hydrogens is 719 g/mol. The molecule has 0 saturated heterocycles. The molecule has 0 N–H and O–H groups in total. The van der Waals surface area contributed by atoms with Gasteiger partial charge in [0.15, 0.2) is 17.5 Å². The minimum Gasteiger partial charge on any atom is -0.208 e. The lowest BCUT2D eigenvalue weighted by Crippen LogP contribution is -2.00. The number of aromatic nitrogens is 3. The number of hydrogen-bond acceptors (Lipinski definition) is 5. The Morgan fingerprint density at radius 1 is 0.286 bits per heavy atom. The third-order valence-electron chi connectivity index (χ3n) is 10.5. The van der Waals surface area contributed by atoms with Gasteiger partial charge in [-0.2, -0.15) is 0 Å². The van der Waals surface area contributed by atoms with Crippen LogP contribution in [0.5, 0.6) is 0 Å². The average molecular weight is 750 g/mol. The zero-order chi connectivity index (χ0) is 37.0. The molecule has 8 aromatic carbocycles. The second-order valence-electron chi connectivity index (χ2n) is 13.9. The van der Waals surface area contributed by atoms with Crippen LogP contribution in [0.25, 0.3) is 108 Å². The Bertz CT molecular complexity index is 3240. The number of fused-ring (bicyclic) bond motifs is 6. The summed E-state index contributed by atoms with van der Waals surface area (Å²) in [5, 5.41) is 5.08. The van der Waals surface area contributed by atoms with Crippen molar-refractivity contribution in [2.75, 3.05) is 0 Å². The normalized spacial score (nSPS) is 11.6. The Morgan fingerprint density at radius 3 is 1.64 bits per heavy atom. The molecule has 262 valence electrons. The molecule has 0 amide bonds. The van der Waals surface area contributed by atoms with Crippen molar-refractivity contribution in [3.8, 4) is 67.5 Å². The van der Waals surface area contributed by atoms with Crippen molar-refractivity contribution in [1.29, 1.82) is 0 Å². The van der Waals surface area contributed by atoms with E-state index in [-0.39, 0.29) is 0 Å². The third-order valence-corrected chi connectivity index (χ3v) is 12.9. The highest BCUT2D eigenvalue weighted by Gasteiger charge is 2.20. The highest BCUT2D eigenvalue weighted by molar-refractivity contribution is 7.26. The van der Waals surface area contributed by atoms with Crippen molar-refractivity contribution in [1.82, 2.24) is 15.0 Å². The van der Waals surface area contributed by atoms with Crippen molar-refractivity contribution in [3.05, 3.63) is 188 Å². The van der Waals surface area contributed by atoms with Gasteiger partial charge in [0.2, 0.25) is 0 Å². The zero-order valence-electron chi connectivity index (χ0n) is 30.1. The predicted octanol–water partition coefficient (Wildman–Crippen LogP) is 14.6. The summed E-state index contributed by atoms with van der Waals surface area (Å²) in [4.78, 5) is 15.5. The SMILES string of the molecule is c1ccc(-c2cccc(-c3nc(-c4ccccc4)nc(-c4cccc5c4sc4cccc(-c6cc(-c7ccccc7)c7c(c6)sc6ccccc67)c45)n3)c2)cc1. The van der Waals surface area contributed by atoms with Crippen molar-refractivity contribution in [2.24, 2.45) is 0 Å². The van der Waals surface area contributed by atoms with Gasteiger partial charge in [0.05, 0.1) is 0 Å². The molecule has 0 aliphatic rings. The van der Waals surface area contributed by atoms with Gasteiger partial charge >= 0.3 is 0 Å². The Hall–Kier alpha value is -6.79. The average Bonchev–Trinajstić information content (AvgIpc) is 3.86. The van der Waals surface area contributed by atoms with Crippen molar-refractivity contribution >= 4 is 63.0 Å². The van der Waals surface area contributed by atoms with Crippen molar-refractivity contribution < 1.29 is 0 Å². The molecule has 0 fully saturated rings. The summed E-state index contributed by atoms with van der Waals surface area (Å²) in [6.45, 7) is 0. The molecule has 11 rings (SSSR count). The third kappa shape index (κ3) is 5.60. The van der Waals surface area contributed by atoms with Crippen LogP contribution in [0.4, 0.5) is 0 Å². The van der Waals surface area contributed by atoms with Gasteiger partial charge in [-0.3, -0.25) is 0 Å². The maximum atomic E-state index is 5.22. The summed E-state index contributed by atoms with van der Waals surface area (Å²) in [5.41, 5.74) is 10.1. The minimum absolute atomic E-state index is 0.649. The fraction of sp³-hybridized carbons (Fsp3) is 0. The smallest absolute Gasteiger partial charge is 0.165 e. The van der Waals surface area contributed by atoms with Crippen LogP contribution in [0.15, 0.2) is 188 Å². The van der Waals surface area contributed by atoms with Crippen LogP contribution in [0.3, 0.4) is 0 Å². The molecule has 5 heteroatoms. The molecule has 56 heavy (non-hydrogen) atoms. The topological polar surface area (TPSA) is 38.7 Å². The lowest BCUT2D eigenvalue weighted by Gasteiger charge is -2.11. The molecule has 3 aromatic heterocycles. The van der Waals surface area contributed by atoms with Gasteiger partial charge in [0.25, 0.3) is 0 Å². The molecule has 0 aliphatic heterocycles. The lowest BCUT2D eigenvalue weighted by molar-refractivity contribution is 1.08. The van der Waals surface area contributed by atoms with Gasteiger partial charge < -0.3 is 0 Å². The van der Waals surface area contributed by atoms with Crippen LogP contribution in [-0.2, 0) is 0 Å². The van der Waals surface area contributed by atoms with Crippen LogP contribution in [0.1, 0.15) is 0 Å². The first kappa shape index (κ1) is 32.6. The molecular formula is C51H31N3S2. The number of nitrogens with zero attached hydrogens (tertiary/aromatic N) is 3. The first-order valence-electron chi connectivity index (χ1n) is 18.7. The minimum atomic E-state index is 0.649. The van der Waals surface area contributed by atoms with Crippen LogP contribution >= 0.6 is 22.7 Å². The van der Waals surface area contributed by atoms with E-state index < -0.39 is 0 Å². The second kappa shape index (κ2) is 13.5. The van der Waals surface area contributed by atoms with Crippen LogP contribution in [-0.4, -0.2) is 15.0 Å². The fourth-order valence-electron chi connectivity index (χ4n) is 7.93. The lowest BCUT2D eigenvalue weighted by atomic mass is 9.92. The molecule has 0 atom stereocenters. The first-order chi connectivity index (χ1) is 27.7. The summed E-state index contributed by atoms with van der Waals surface area (Å²) in [6, 6.07) is 66.7. The molecule has 0 radical (unpaired) electrons. The van der Waals surface area contributed by atoms with Gasteiger partial charge in [0, 0.05) is 57.0 Å². The summed E-state index contributed by atoms with van der Waals surface area (Å²) >= 11 is 3.67. The molecule has 0 aliphatic carbocycles. The quantitative estimate of drug-likeness (QED) is 0.170. The van der Waals surface area contributed by atoms with E-state index in [9.17, 15) is 0 Å². The van der Waals surface area contributed by atoms with Gasteiger partial charge in [-0.1, -0.05) is 152 Å². The van der Waals surface area contributed by atoms with Gasteiger partial charge in [-0.05, 0) is 69.8 Å². The maximum absolute atomic E-state index is 5.22. The Kier molecular flexibility index (Phi) is 7.87. The van der Waals surface area contributed by atoms with Crippen LogP contribution < -0.4 is 0 Å².